The molecular formula is C7H12F3NO4S. The van der Waals surface area contributed by atoms with Crippen LogP contribution in [0.15, 0.2) is 0 Å². The Morgan fingerprint density at radius 2 is 1.94 bits per heavy atom. The second kappa shape index (κ2) is 5.48. The first-order valence-electron chi connectivity index (χ1n) is 4.22. The Morgan fingerprint density at radius 1 is 1.44 bits per heavy atom. The lowest BCUT2D eigenvalue weighted by molar-refractivity contribution is -0.192. The van der Waals surface area contributed by atoms with E-state index in [2.05, 4.69) is 5.32 Å². The van der Waals surface area contributed by atoms with Crippen molar-refractivity contribution in [3.05, 3.63) is 0 Å². The largest absolute Gasteiger partial charge is 0.481 e. The van der Waals surface area contributed by atoms with Crippen LogP contribution in [0.25, 0.3) is 0 Å². The van der Waals surface area contributed by atoms with E-state index >= 15 is 0 Å². The molecule has 0 fully saturated rings. The van der Waals surface area contributed by atoms with Gasteiger partial charge in [-0.1, -0.05) is 0 Å². The van der Waals surface area contributed by atoms with E-state index in [0.29, 0.717) is 0 Å². The van der Waals surface area contributed by atoms with Crippen molar-refractivity contribution in [2.75, 3.05) is 25.1 Å². The van der Waals surface area contributed by atoms with E-state index in [0.717, 1.165) is 6.26 Å². The fraction of sp³-hybridized carbons (Fsp3) is 0.857. The highest BCUT2D eigenvalue weighted by Gasteiger charge is 2.44. The average Bonchev–Trinajstić information content (AvgIpc) is 1.97. The molecule has 0 heterocycles. The molecule has 9 heteroatoms. The first kappa shape index (κ1) is 15.2. The van der Waals surface area contributed by atoms with Crippen LogP contribution in [0.1, 0.15) is 0 Å². The standard InChI is InChI=1S/C7H12F3NO4S/c1-16(14,15)3-2-11-4-5(6(12)13)7(8,9)10/h5,11H,2-4H2,1H3,(H,12,13). The van der Waals surface area contributed by atoms with Gasteiger partial charge in [0.25, 0.3) is 0 Å². The minimum absolute atomic E-state index is 0.210. The highest BCUT2D eigenvalue weighted by molar-refractivity contribution is 7.90. The van der Waals surface area contributed by atoms with Crippen molar-refractivity contribution in [2.24, 2.45) is 5.92 Å². The molecule has 5 nitrogen and oxygen atoms in total. The Bertz CT molecular complexity index is 338. The van der Waals surface area contributed by atoms with Gasteiger partial charge in [-0.3, -0.25) is 4.79 Å². The van der Waals surface area contributed by atoms with Crippen LogP contribution >= 0.6 is 0 Å². The molecule has 0 saturated heterocycles. The van der Waals surface area contributed by atoms with Gasteiger partial charge in [0.2, 0.25) is 0 Å². The molecule has 0 spiro atoms. The van der Waals surface area contributed by atoms with Crippen LogP contribution in [-0.2, 0) is 14.6 Å². The SMILES string of the molecule is CS(=O)(=O)CCNCC(C(=O)O)C(F)(F)F. The monoisotopic (exact) mass is 263 g/mol. The number of carboxylic acid groups (broad SMARTS) is 1. The Morgan fingerprint density at radius 3 is 2.25 bits per heavy atom. The summed E-state index contributed by atoms with van der Waals surface area (Å²) in [6.45, 7) is -1.05. The lowest BCUT2D eigenvalue weighted by Crippen LogP contribution is -2.40. The number of rotatable bonds is 6. The van der Waals surface area contributed by atoms with Gasteiger partial charge in [0, 0.05) is 19.3 Å². The van der Waals surface area contributed by atoms with Gasteiger partial charge in [-0.2, -0.15) is 13.2 Å². The Balaban J connectivity index is 4.12. The fourth-order valence-electron chi connectivity index (χ4n) is 0.847. The third-order valence-corrected chi connectivity index (χ3v) is 2.64. The second-order valence-corrected chi connectivity index (χ2v) is 5.53. The Hall–Kier alpha value is -0.830. The molecule has 0 aliphatic rings. The third kappa shape index (κ3) is 6.62. The van der Waals surface area contributed by atoms with Gasteiger partial charge in [-0.25, -0.2) is 8.42 Å². The average molecular weight is 263 g/mol. The molecule has 0 bridgehead atoms. The number of halogens is 3. The van der Waals surface area contributed by atoms with Crippen molar-refractivity contribution < 1.29 is 31.5 Å². The van der Waals surface area contributed by atoms with Gasteiger partial charge in [0.1, 0.15) is 9.84 Å². The first-order valence-corrected chi connectivity index (χ1v) is 6.28. The van der Waals surface area contributed by atoms with E-state index in [9.17, 15) is 26.4 Å². The summed E-state index contributed by atoms with van der Waals surface area (Å²) in [5.74, 6) is -4.84. The lowest BCUT2D eigenvalue weighted by atomic mass is 10.1. The molecule has 1 atom stereocenters. The highest BCUT2D eigenvalue weighted by Crippen LogP contribution is 2.25. The van der Waals surface area contributed by atoms with Gasteiger partial charge in [0.15, 0.2) is 5.92 Å². The molecule has 96 valence electrons. The maximum atomic E-state index is 12.1. The van der Waals surface area contributed by atoms with Gasteiger partial charge >= 0.3 is 12.1 Å². The zero-order valence-electron chi connectivity index (χ0n) is 8.41. The predicted octanol–water partition coefficient (Wildman–Crippen LogP) is -0.116. The fourth-order valence-corrected chi connectivity index (χ4v) is 1.36. The van der Waals surface area contributed by atoms with Crippen LogP contribution in [0.2, 0.25) is 0 Å². The smallest absolute Gasteiger partial charge is 0.403 e. The lowest BCUT2D eigenvalue weighted by Gasteiger charge is -2.16. The summed E-state index contributed by atoms with van der Waals surface area (Å²) in [7, 11) is -3.27. The summed E-state index contributed by atoms with van der Waals surface area (Å²) < 4.78 is 57.5. The zero-order valence-corrected chi connectivity index (χ0v) is 9.23. The number of hydrogen-bond donors (Lipinski definition) is 2. The first-order chi connectivity index (χ1) is 7.04. The minimum Gasteiger partial charge on any atom is -0.481 e. The Labute approximate surface area is 90.6 Å². The molecular weight excluding hydrogens is 251 g/mol. The number of alkyl halides is 3. The summed E-state index contributed by atoms with van der Waals surface area (Å²) in [6, 6.07) is 0. The van der Waals surface area contributed by atoms with E-state index in [1.807, 2.05) is 0 Å². The molecule has 0 aromatic carbocycles. The third-order valence-electron chi connectivity index (χ3n) is 1.69. The normalized spacial score (nSPS) is 14.8. The van der Waals surface area contributed by atoms with E-state index in [4.69, 9.17) is 5.11 Å². The second-order valence-electron chi connectivity index (χ2n) is 3.27. The molecule has 0 amide bonds. The molecule has 2 N–H and O–H groups in total. The van der Waals surface area contributed by atoms with Crippen LogP contribution in [-0.4, -0.2) is 50.8 Å². The molecule has 0 radical (unpaired) electrons. The molecule has 0 rings (SSSR count). The quantitative estimate of drug-likeness (QED) is 0.653. The Kier molecular flexibility index (Phi) is 5.20. The van der Waals surface area contributed by atoms with Crippen molar-refractivity contribution in [2.45, 2.75) is 6.18 Å². The highest BCUT2D eigenvalue weighted by atomic mass is 32.2. The van der Waals surface area contributed by atoms with Gasteiger partial charge in [-0.05, 0) is 0 Å². The number of hydrogen-bond acceptors (Lipinski definition) is 4. The molecule has 0 aliphatic carbocycles. The zero-order chi connectivity index (χ0) is 13.0. The van der Waals surface area contributed by atoms with Crippen molar-refractivity contribution in [3.8, 4) is 0 Å². The number of aliphatic carboxylic acids is 1. The van der Waals surface area contributed by atoms with Crippen molar-refractivity contribution in [1.29, 1.82) is 0 Å². The van der Waals surface area contributed by atoms with Crippen LogP contribution in [0.4, 0.5) is 13.2 Å². The predicted molar refractivity (Wildman–Crippen MR) is 49.8 cm³/mol. The molecule has 0 aromatic heterocycles. The van der Waals surface area contributed by atoms with Crippen molar-refractivity contribution in [1.82, 2.24) is 5.32 Å². The molecule has 0 saturated carbocycles. The number of carbonyl (C=O) groups is 1. The minimum atomic E-state index is -4.84. The van der Waals surface area contributed by atoms with E-state index in [1.54, 1.807) is 0 Å². The van der Waals surface area contributed by atoms with E-state index in [1.165, 1.54) is 0 Å². The van der Waals surface area contributed by atoms with E-state index in [-0.39, 0.29) is 12.3 Å². The molecule has 16 heavy (non-hydrogen) atoms. The van der Waals surface area contributed by atoms with Crippen molar-refractivity contribution >= 4 is 15.8 Å². The maximum Gasteiger partial charge on any atom is 0.403 e. The summed E-state index contributed by atoms with van der Waals surface area (Å²) in [6.07, 6.45) is -3.91. The number of sulfone groups is 1. The topological polar surface area (TPSA) is 83.5 Å². The number of carboxylic acids is 1. The van der Waals surface area contributed by atoms with E-state index < -0.39 is 34.4 Å². The van der Waals surface area contributed by atoms with Crippen LogP contribution in [0, 0.1) is 5.92 Å². The van der Waals surface area contributed by atoms with Crippen LogP contribution in [0.3, 0.4) is 0 Å². The summed E-state index contributed by atoms with van der Waals surface area (Å²) in [5.41, 5.74) is 0. The summed E-state index contributed by atoms with van der Waals surface area (Å²) >= 11 is 0. The van der Waals surface area contributed by atoms with Crippen LogP contribution < -0.4 is 5.32 Å². The molecule has 0 aromatic rings. The van der Waals surface area contributed by atoms with Gasteiger partial charge in [0.05, 0.1) is 5.75 Å². The summed E-state index contributed by atoms with van der Waals surface area (Å²) in [5, 5.41) is 10.4. The maximum absolute atomic E-state index is 12.1. The summed E-state index contributed by atoms with van der Waals surface area (Å²) in [4.78, 5) is 10.3. The van der Waals surface area contributed by atoms with Crippen molar-refractivity contribution in [3.63, 3.8) is 0 Å². The number of nitrogens with one attached hydrogen (secondary N) is 1. The van der Waals surface area contributed by atoms with Crippen LogP contribution in [0.5, 0.6) is 0 Å². The van der Waals surface area contributed by atoms with Gasteiger partial charge in [-0.15, -0.1) is 0 Å². The van der Waals surface area contributed by atoms with Gasteiger partial charge < -0.3 is 10.4 Å². The molecule has 1 unspecified atom stereocenters. The molecule has 0 aliphatic heterocycles.